The molecule has 84 valence electrons. The molecule has 3 heteroatoms. The molecule has 1 saturated heterocycles. The van der Waals surface area contributed by atoms with Crippen molar-refractivity contribution >= 4 is 17.6 Å². The van der Waals surface area contributed by atoms with Crippen LogP contribution in [-0.2, 0) is 9.53 Å². The summed E-state index contributed by atoms with van der Waals surface area (Å²) in [7, 11) is 0. The Morgan fingerprint density at radius 1 is 1.47 bits per heavy atom. The largest absolute Gasteiger partial charge is 0.450 e. The number of allylic oxidation sites excluding steroid dienone is 1. The van der Waals surface area contributed by atoms with Crippen molar-refractivity contribution in [3.63, 3.8) is 0 Å². The first-order valence-corrected chi connectivity index (χ1v) is 6.20. The van der Waals surface area contributed by atoms with Crippen molar-refractivity contribution < 1.29 is 9.53 Å². The second-order valence-corrected chi connectivity index (χ2v) is 4.93. The Bertz CT molecular complexity index is 301. The van der Waals surface area contributed by atoms with Crippen molar-refractivity contribution in [1.82, 2.24) is 0 Å². The fourth-order valence-corrected chi connectivity index (χ4v) is 2.92. The Morgan fingerprint density at radius 3 is 2.67 bits per heavy atom. The molecule has 0 bridgehead atoms. The monoisotopic (exact) mass is 228 g/mol. The summed E-state index contributed by atoms with van der Waals surface area (Å²) in [5.41, 5.74) is 0.511. The summed E-state index contributed by atoms with van der Waals surface area (Å²) in [6.07, 6.45) is 7.21. The Balaban J connectivity index is 2.14. The van der Waals surface area contributed by atoms with Crippen LogP contribution in [0.2, 0.25) is 0 Å². The van der Waals surface area contributed by atoms with Gasteiger partial charge >= 0.3 is 5.97 Å². The van der Waals surface area contributed by atoms with E-state index >= 15 is 0 Å². The van der Waals surface area contributed by atoms with Gasteiger partial charge in [-0.05, 0) is 38.5 Å². The van der Waals surface area contributed by atoms with Gasteiger partial charge in [0.1, 0.15) is 5.60 Å². The van der Waals surface area contributed by atoms with E-state index in [1.807, 2.05) is 0 Å². The molecular formula is C12H17ClO2. The van der Waals surface area contributed by atoms with Crippen molar-refractivity contribution in [3.8, 4) is 0 Å². The summed E-state index contributed by atoms with van der Waals surface area (Å²) >= 11 is 6.20. The first-order chi connectivity index (χ1) is 7.19. The minimum Gasteiger partial charge on any atom is -0.450 e. The fraction of sp³-hybridized carbons (Fsp3) is 0.750. The molecular weight excluding hydrogens is 212 g/mol. The van der Waals surface area contributed by atoms with E-state index in [1.54, 1.807) is 0 Å². The summed E-state index contributed by atoms with van der Waals surface area (Å²) in [5, 5.41) is 0.745. The van der Waals surface area contributed by atoms with Crippen LogP contribution in [0.15, 0.2) is 10.6 Å². The zero-order valence-corrected chi connectivity index (χ0v) is 9.90. The Morgan fingerprint density at radius 2 is 2.13 bits per heavy atom. The molecule has 0 atom stereocenters. The quantitative estimate of drug-likeness (QED) is 0.546. The Kier molecular flexibility index (Phi) is 3.06. The van der Waals surface area contributed by atoms with Crippen LogP contribution in [0.1, 0.15) is 51.9 Å². The lowest BCUT2D eigenvalue weighted by Crippen LogP contribution is -2.49. The normalized spacial score (nSPS) is 26.4. The van der Waals surface area contributed by atoms with Crippen molar-refractivity contribution in [2.24, 2.45) is 0 Å². The van der Waals surface area contributed by atoms with Gasteiger partial charge in [-0.2, -0.15) is 0 Å². The van der Waals surface area contributed by atoms with E-state index in [4.69, 9.17) is 16.3 Å². The fourth-order valence-electron chi connectivity index (χ4n) is 2.53. The van der Waals surface area contributed by atoms with Crippen molar-refractivity contribution in [2.45, 2.75) is 57.5 Å². The highest BCUT2D eigenvalue weighted by Gasteiger charge is 2.54. The molecule has 2 rings (SSSR count). The predicted octanol–water partition coefficient (Wildman–Crippen LogP) is 3.54. The Labute approximate surface area is 95.6 Å². The van der Waals surface area contributed by atoms with Crippen molar-refractivity contribution in [1.29, 1.82) is 0 Å². The number of esters is 1. The van der Waals surface area contributed by atoms with E-state index in [1.165, 1.54) is 0 Å². The van der Waals surface area contributed by atoms with E-state index in [2.05, 4.69) is 6.92 Å². The highest BCUT2D eigenvalue weighted by molar-refractivity contribution is 6.32. The lowest BCUT2D eigenvalue weighted by atomic mass is 9.85. The van der Waals surface area contributed by atoms with Gasteiger partial charge in [0.25, 0.3) is 0 Å². The molecule has 1 aliphatic carbocycles. The van der Waals surface area contributed by atoms with E-state index in [-0.39, 0.29) is 11.6 Å². The average Bonchev–Trinajstić information content (AvgIpc) is 2.64. The molecule has 2 fully saturated rings. The van der Waals surface area contributed by atoms with Crippen LogP contribution < -0.4 is 0 Å². The smallest absolute Gasteiger partial charge is 0.340 e. The SMILES string of the molecule is CCCC/C(Cl)=C1/C(=O)OC12CCCC2. The third kappa shape index (κ3) is 1.80. The van der Waals surface area contributed by atoms with Gasteiger partial charge in [0.05, 0.1) is 5.57 Å². The van der Waals surface area contributed by atoms with E-state index in [0.717, 1.165) is 55.6 Å². The van der Waals surface area contributed by atoms with Gasteiger partial charge in [-0.1, -0.05) is 24.9 Å². The first-order valence-electron chi connectivity index (χ1n) is 5.82. The molecule has 1 aliphatic heterocycles. The standard InChI is InChI=1S/C12H17ClO2/c1-2-3-6-9(13)10-11(14)15-12(10)7-4-5-8-12/h2-8H2,1H3/b10-9+. The van der Waals surface area contributed by atoms with Crippen molar-refractivity contribution in [3.05, 3.63) is 10.6 Å². The van der Waals surface area contributed by atoms with E-state index < -0.39 is 0 Å². The molecule has 2 nitrogen and oxygen atoms in total. The molecule has 0 aromatic carbocycles. The highest BCUT2D eigenvalue weighted by atomic mass is 35.5. The molecule has 0 amide bonds. The van der Waals surface area contributed by atoms with Crippen molar-refractivity contribution in [2.75, 3.05) is 0 Å². The summed E-state index contributed by atoms with van der Waals surface area (Å²) < 4.78 is 5.32. The number of rotatable bonds is 3. The lowest BCUT2D eigenvalue weighted by Gasteiger charge is -2.40. The second-order valence-electron chi connectivity index (χ2n) is 4.47. The first kappa shape index (κ1) is 11.0. The molecule has 0 aromatic rings. The number of hydrogen-bond acceptors (Lipinski definition) is 2. The zero-order valence-electron chi connectivity index (χ0n) is 9.14. The summed E-state index contributed by atoms with van der Waals surface area (Å²) in [4.78, 5) is 11.4. The molecule has 1 spiro atoms. The van der Waals surface area contributed by atoms with E-state index in [9.17, 15) is 4.79 Å². The minimum atomic E-state index is -0.276. The highest BCUT2D eigenvalue weighted by Crippen LogP contribution is 2.49. The van der Waals surface area contributed by atoms with Gasteiger partial charge < -0.3 is 4.74 Å². The lowest BCUT2D eigenvalue weighted by molar-refractivity contribution is -0.170. The number of ether oxygens (including phenoxy) is 1. The third-order valence-electron chi connectivity index (χ3n) is 3.38. The third-order valence-corrected chi connectivity index (χ3v) is 3.76. The van der Waals surface area contributed by atoms with Crippen LogP contribution in [-0.4, -0.2) is 11.6 Å². The van der Waals surface area contributed by atoms with Gasteiger partial charge in [-0.15, -0.1) is 0 Å². The number of carbonyl (C=O) groups is 1. The van der Waals surface area contributed by atoms with E-state index in [0.29, 0.717) is 0 Å². The van der Waals surface area contributed by atoms with Crippen LogP contribution >= 0.6 is 11.6 Å². The van der Waals surface area contributed by atoms with Gasteiger partial charge in [0, 0.05) is 5.03 Å². The Hall–Kier alpha value is -0.500. The number of hydrogen-bond donors (Lipinski definition) is 0. The van der Waals surface area contributed by atoms with Crippen LogP contribution in [0, 0.1) is 0 Å². The molecule has 0 N–H and O–H groups in total. The summed E-state index contributed by atoms with van der Waals surface area (Å²) in [6.45, 7) is 2.12. The number of halogens is 1. The maximum Gasteiger partial charge on any atom is 0.340 e. The molecule has 15 heavy (non-hydrogen) atoms. The van der Waals surface area contributed by atoms with Crippen LogP contribution in [0.5, 0.6) is 0 Å². The van der Waals surface area contributed by atoms with Crippen LogP contribution in [0.4, 0.5) is 0 Å². The number of carbonyl (C=O) groups excluding carboxylic acids is 1. The number of unbranched alkanes of at least 4 members (excludes halogenated alkanes) is 1. The molecule has 1 saturated carbocycles. The van der Waals surface area contributed by atoms with Crippen LogP contribution in [0.25, 0.3) is 0 Å². The van der Waals surface area contributed by atoms with Gasteiger partial charge in [0.2, 0.25) is 0 Å². The summed E-state index contributed by atoms with van der Waals surface area (Å²) in [5.74, 6) is -0.182. The molecule has 0 aromatic heterocycles. The molecule has 0 unspecified atom stereocenters. The van der Waals surface area contributed by atoms with Gasteiger partial charge in [-0.3, -0.25) is 0 Å². The van der Waals surface area contributed by atoms with Crippen LogP contribution in [0.3, 0.4) is 0 Å². The minimum absolute atomic E-state index is 0.182. The van der Waals surface area contributed by atoms with Gasteiger partial charge in [0.15, 0.2) is 0 Å². The second kappa shape index (κ2) is 4.17. The zero-order chi connectivity index (χ0) is 10.9. The molecule has 1 heterocycles. The molecule has 2 aliphatic rings. The maximum atomic E-state index is 11.4. The predicted molar refractivity (Wildman–Crippen MR) is 59.7 cm³/mol. The average molecular weight is 229 g/mol. The van der Waals surface area contributed by atoms with Gasteiger partial charge in [-0.25, -0.2) is 4.79 Å². The maximum absolute atomic E-state index is 11.4. The summed E-state index contributed by atoms with van der Waals surface area (Å²) in [6, 6.07) is 0. The topological polar surface area (TPSA) is 26.3 Å². The molecule has 0 radical (unpaired) electrons.